The first-order chi connectivity index (χ1) is 13.2. The number of hydrogen-bond donors (Lipinski definition) is 1. The zero-order valence-electron chi connectivity index (χ0n) is 14.8. The molecule has 2 unspecified atom stereocenters. The fourth-order valence-corrected chi connectivity index (χ4v) is 4.81. The van der Waals surface area contributed by atoms with Crippen LogP contribution in [-0.4, -0.2) is 38.4 Å². The van der Waals surface area contributed by atoms with Crippen molar-refractivity contribution in [3.05, 3.63) is 84.1 Å². The van der Waals surface area contributed by atoms with Crippen molar-refractivity contribution < 1.29 is 4.79 Å². The van der Waals surface area contributed by atoms with Crippen molar-refractivity contribution in [3.8, 4) is 0 Å². The largest absolute Gasteiger partial charge is 0.356 e. The SMILES string of the molecule is C=CCN1C(=O)C2Cc3c([nH]c4ccccc34)C(c3ccccc3)N2C1=S. The van der Waals surface area contributed by atoms with Crippen LogP contribution < -0.4 is 0 Å². The van der Waals surface area contributed by atoms with E-state index in [0.29, 0.717) is 18.1 Å². The van der Waals surface area contributed by atoms with Crippen molar-refractivity contribution in [2.75, 3.05) is 6.54 Å². The molecule has 4 nitrogen and oxygen atoms in total. The minimum Gasteiger partial charge on any atom is -0.356 e. The predicted molar refractivity (Wildman–Crippen MR) is 110 cm³/mol. The number of hydrogen-bond acceptors (Lipinski definition) is 2. The molecular weight excluding hydrogens is 354 g/mol. The summed E-state index contributed by atoms with van der Waals surface area (Å²) < 4.78 is 0. The van der Waals surface area contributed by atoms with Crippen LogP contribution in [-0.2, 0) is 11.2 Å². The van der Waals surface area contributed by atoms with Crippen LogP contribution in [0.15, 0.2) is 67.3 Å². The maximum atomic E-state index is 13.1. The molecule has 0 saturated carbocycles. The number of carbonyl (C=O) groups excluding carboxylic acids is 1. The predicted octanol–water partition coefficient (Wildman–Crippen LogP) is 3.80. The van der Waals surface area contributed by atoms with E-state index in [2.05, 4.69) is 40.7 Å². The van der Waals surface area contributed by atoms with Crippen LogP contribution in [0.2, 0.25) is 0 Å². The lowest BCUT2D eigenvalue weighted by Crippen LogP contribution is -2.44. The van der Waals surface area contributed by atoms with Gasteiger partial charge in [-0.25, -0.2) is 0 Å². The average Bonchev–Trinajstić information content (AvgIpc) is 3.18. The quantitative estimate of drug-likeness (QED) is 0.561. The third-order valence-corrected chi connectivity index (χ3v) is 5.99. The molecule has 3 heterocycles. The van der Waals surface area contributed by atoms with E-state index in [0.717, 1.165) is 16.8 Å². The first-order valence-corrected chi connectivity index (χ1v) is 9.50. The Kier molecular flexibility index (Phi) is 3.65. The Hall–Kier alpha value is -2.92. The van der Waals surface area contributed by atoms with E-state index in [1.54, 1.807) is 11.0 Å². The Morgan fingerprint density at radius 3 is 2.67 bits per heavy atom. The highest BCUT2D eigenvalue weighted by atomic mass is 32.1. The monoisotopic (exact) mass is 373 g/mol. The first kappa shape index (κ1) is 16.3. The van der Waals surface area contributed by atoms with Crippen LogP contribution in [0.3, 0.4) is 0 Å². The van der Waals surface area contributed by atoms with E-state index in [-0.39, 0.29) is 18.0 Å². The Labute approximate surface area is 163 Å². The van der Waals surface area contributed by atoms with E-state index in [4.69, 9.17) is 12.2 Å². The molecule has 0 spiro atoms. The second-order valence-electron chi connectivity index (χ2n) is 7.02. The van der Waals surface area contributed by atoms with Gasteiger partial charge in [-0.15, -0.1) is 6.58 Å². The molecule has 0 radical (unpaired) electrons. The Bertz CT molecular complexity index is 1070. The lowest BCUT2D eigenvalue weighted by molar-refractivity contribution is -0.128. The van der Waals surface area contributed by atoms with Crippen molar-refractivity contribution in [1.82, 2.24) is 14.8 Å². The van der Waals surface area contributed by atoms with Crippen molar-refractivity contribution in [2.45, 2.75) is 18.5 Å². The third-order valence-electron chi connectivity index (χ3n) is 5.56. The molecule has 1 saturated heterocycles. The number of aromatic amines is 1. The summed E-state index contributed by atoms with van der Waals surface area (Å²) in [5.74, 6) is 0.0664. The van der Waals surface area contributed by atoms with Crippen LogP contribution in [0, 0.1) is 0 Å². The van der Waals surface area contributed by atoms with E-state index >= 15 is 0 Å². The molecule has 1 fully saturated rings. The summed E-state index contributed by atoms with van der Waals surface area (Å²) >= 11 is 5.74. The molecule has 5 heteroatoms. The van der Waals surface area contributed by atoms with Gasteiger partial charge in [0, 0.05) is 29.6 Å². The first-order valence-electron chi connectivity index (χ1n) is 9.09. The molecular formula is C22H19N3OS. The summed E-state index contributed by atoms with van der Waals surface area (Å²) in [4.78, 5) is 20.5. The number of H-pyrrole nitrogens is 1. The number of rotatable bonds is 3. The molecule has 5 rings (SSSR count). The van der Waals surface area contributed by atoms with E-state index in [1.807, 2.05) is 30.3 Å². The van der Waals surface area contributed by atoms with Gasteiger partial charge < -0.3 is 9.88 Å². The highest BCUT2D eigenvalue weighted by Crippen LogP contribution is 2.43. The Morgan fingerprint density at radius 1 is 1.15 bits per heavy atom. The zero-order chi connectivity index (χ0) is 18.5. The molecule has 2 aliphatic rings. The van der Waals surface area contributed by atoms with Gasteiger partial charge in [-0.3, -0.25) is 9.69 Å². The van der Waals surface area contributed by atoms with Gasteiger partial charge >= 0.3 is 0 Å². The summed E-state index contributed by atoms with van der Waals surface area (Å²) in [5, 5.41) is 1.78. The van der Waals surface area contributed by atoms with Gasteiger partial charge in [0.15, 0.2) is 5.11 Å². The number of fused-ring (bicyclic) bond motifs is 4. The molecule has 134 valence electrons. The van der Waals surface area contributed by atoms with E-state index < -0.39 is 0 Å². The topological polar surface area (TPSA) is 39.3 Å². The number of nitrogens with one attached hydrogen (secondary N) is 1. The van der Waals surface area contributed by atoms with Crippen LogP contribution >= 0.6 is 12.2 Å². The third kappa shape index (κ3) is 2.28. The van der Waals surface area contributed by atoms with Crippen LogP contribution in [0.1, 0.15) is 22.9 Å². The van der Waals surface area contributed by atoms with Gasteiger partial charge in [0.25, 0.3) is 5.91 Å². The highest BCUT2D eigenvalue weighted by molar-refractivity contribution is 7.80. The molecule has 0 aliphatic carbocycles. The lowest BCUT2D eigenvalue weighted by atomic mass is 9.89. The molecule has 0 bridgehead atoms. The molecule has 2 aliphatic heterocycles. The maximum Gasteiger partial charge on any atom is 0.252 e. The molecule has 2 atom stereocenters. The summed E-state index contributed by atoms with van der Waals surface area (Å²) in [6.45, 7) is 4.23. The minimum absolute atomic E-state index is 0.0664. The highest BCUT2D eigenvalue weighted by Gasteiger charge is 2.49. The van der Waals surface area contributed by atoms with E-state index in [1.165, 1.54) is 10.9 Å². The summed E-state index contributed by atoms with van der Waals surface area (Å²) in [5.41, 5.74) is 4.59. The van der Waals surface area contributed by atoms with E-state index in [9.17, 15) is 4.79 Å². The number of aromatic nitrogens is 1. The number of amides is 1. The molecule has 3 aromatic rings. The van der Waals surface area contributed by atoms with Crippen molar-refractivity contribution >= 4 is 34.1 Å². The maximum absolute atomic E-state index is 13.1. The smallest absolute Gasteiger partial charge is 0.252 e. The molecule has 1 amide bonds. The van der Waals surface area contributed by atoms with Crippen LogP contribution in [0.25, 0.3) is 10.9 Å². The normalized spacial score (nSPS) is 21.5. The fraction of sp³-hybridized carbons (Fsp3) is 0.182. The van der Waals surface area contributed by atoms with Crippen LogP contribution in [0.5, 0.6) is 0 Å². The molecule has 1 aromatic heterocycles. The lowest BCUT2D eigenvalue weighted by Gasteiger charge is -2.37. The average molecular weight is 373 g/mol. The van der Waals surface area contributed by atoms with Gasteiger partial charge in [-0.05, 0) is 29.4 Å². The van der Waals surface area contributed by atoms with Crippen LogP contribution in [0.4, 0.5) is 0 Å². The second-order valence-corrected chi connectivity index (χ2v) is 7.39. The van der Waals surface area contributed by atoms with Gasteiger partial charge in [0.2, 0.25) is 0 Å². The Balaban J connectivity index is 1.74. The van der Waals surface area contributed by atoms with Crippen molar-refractivity contribution in [3.63, 3.8) is 0 Å². The number of nitrogens with zero attached hydrogens (tertiary/aromatic N) is 2. The van der Waals surface area contributed by atoms with Crippen molar-refractivity contribution in [1.29, 1.82) is 0 Å². The minimum atomic E-state index is -0.269. The van der Waals surface area contributed by atoms with Gasteiger partial charge in [-0.1, -0.05) is 54.6 Å². The number of benzene rings is 2. The zero-order valence-corrected chi connectivity index (χ0v) is 15.6. The molecule has 27 heavy (non-hydrogen) atoms. The standard InChI is InChI=1S/C22H19N3OS/c1-2-12-24-21(26)18-13-16-15-10-6-7-11-17(15)23-19(16)20(25(18)22(24)27)14-8-4-3-5-9-14/h2-11,18,20,23H,1,12-13H2. The molecule has 1 N–H and O–H groups in total. The second kappa shape index (κ2) is 6.06. The summed E-state index contributed by atoms with van der Waals surface area (Å²) in [7, 11) is 0. The summed E-state index contributed by atoms with van der Waals surface area (Å²) in [6, 6.07) is 18.2. The number of carbonyl (C=O) groups is 1. The van der Waals surface area contributed by atoms with Gasteiger partial charge in [-0.2, -0.15) is 0 Å². The van der Waals surface area contributed by atoms with Crippen molar-refractivity contribution in [2.24, 2.45) is 0 Å². The summed E-state index contributed by atoms with van der Waals surface area (Å²) in [6.07, 6.45) is 2.39. The number of thiocarbonyl (C=S) groups is 1. The molecule has 2 aromatic carbocycles. The van der Waals surface area contributed by atoms with Gasteiger partial charge in [0.05, 0.1) is 6.04 Å². The van der Waals surface area contributed by atoms with Gasteiger partial charge in [0.1, 0.15) is 6.04 Å². The number of para-hydroxylation sites is 1. The Morgan fingerprint density at radius 2 is 1.89 bits per heavy atom. The fourth-order valence-electron chi connectivity index (χ4n) is 4.41.